The Balaban J connectivity index is 1.35. The van der Waals surface area contributed by atoms with E-state index in [1.807, 2.05) is 48.3 Å². The molecule has 2 amide bonds. The highest BCUT2D eigenvalue weighted by Crippen LogP contribution is 2.39. The highest BCUT2D eigenvalue weighted by Gasteiger charge is 2.39. The molecule has 5 rings (SSSR count). The number of hydrazone groups is 1. The third kappa shape index (κ3) is 5.55. The second-order valence-electron chi connectivity index (χ2n) is 8.82. The zero-order valence-corrected chi connectivity index (χ0v) is 21.9. The van der Waals surface area contributed by atoms with Gasteiger partial charge in [0.2, 0.25) is 5.91 Å². The van der Waals surface area contributed by atoms with Gasteiger partial charge in [-0.1, -0.05) is 77.5 Å². The minimum Gasteiger partial charge on any atom is -0.495 e. The lowest BCUT2D eigenvalue weighted by Crippen LogP contribution is -2.25. The summed E-state index contributed by atoms with van der Waals surface area (Å²) >= 11 is 7.35. The molecular weight excluding hydrogens is 508 g/mol. The minimum atomic E-state index is -0.627. The Bertz CT molecular complexity index is 1390. The molecule has 7 nitrogen and oxygen atoms in total. The highest BCUT2D eigenvalue weighted by atomic mass is 35.5. The zero-order chi connectivity index (χ0) is 25.9. The average Bonchev–Trinajstić information content (AvgIpc) is 3.49. The third-order valence-electron chi connectivity index (χ3n) is 6.23. The van der Waals surface area contributed by atoms with Crippen molar-refractivity contribution < 1.29 is 14.3 Å². The molecule has 0 spiro atoms. The van der Waals surface area contributed by atoms with Crippen LogP contribution >= 0.6 is 23.4 Å². The number of aryl methyl sites for hydroxylation is 1. The van der Waals surface area contributed by atoms with Crippen LogP contribution in [0.15, 0.2) is 82.9 Å². The molecule has 37 heavy (non-hydrogen) atoms. The van der Waals surface area contributed by atoms with Crippen LogP contribution in [0.3, 0.4) is 0 Å². The van der Waals surface area contributed by atoms with E-state index in [1.54, 1.807) is 19.2 Å². The monoisotopic (exact) mass is 532 g/mol. The molecule has 0 bridgehead atoms. The molecule has 1 N–H and O–H groups in total. The number of methoxy groups -OCH3 is 1. The number of para-hydroxylation sites is 2. The van der Waals surface area contributed by atoms with Crippen LogP contribution in [-0.2, 0) is 9.59 Å². The van der Waals surface area contributed by atoms with E-state index in [9.17, 15) is 9.59 Å². The number of hydrogen-bond acceptors (Lipinski definition) is 6. The Morgan fingerprint density at radius 2 is 1.84 bits per heavy atom. The highest BCUT2D eigenvalue weighted by molar-refractivity contribution is 8.15. The van der Waals surface area contributed by atoms with Gasteiger partial charge in [-0.25, -0.2) is 5.01 Å². The maximum atomic E-state index is 12.8. The summed E-state index contributed by atoms with van der Waals surface area (Å²) in [6.07, 6.45) is 0.642. The number of nitrogens with one attached hydrogen (secondary N) is 1. The van der Waals surface area contributed by atoms with Crippen molar-refractivity contribution in [1.29, 1.82) is 0 Å². The molecule has 0 radical (unpaired) electrons. The van der Waals surface area contributed by atoms with Gasteiger partial charge in [0.25, 0.3) is 5.91 Å². The molecule has 3 aromatic carbocycles. The number of anilines is 1. The van der Waals surface area contributed by atoms with Gasteiger partial charge in [0.15, 0.2) is 5.17 Å². The normalized spacial score (nSPS) is 19.0. The predicted octanol–water partition coefficient (Wildman–Crippen LogP) is 5.83. The summed E-state index contributed by atoms with van der Waals surface area (Å²) in [4.78, 5) is 29.9. The van der Waals surface area contributed by atoms with E-state index in [-0.39, 0.29) is 24.3 Å². The molecule has 2 atom stereocenters. The first-order valence-electron chi connectivity index (χ1n) is 11.8. The van der Waals surface area contributed by atoms with Crippen molar-refractivity contribution in [2.75, 3.05) is 12.4 Å². The topological polar surface area (TPSA) is 83.4 Å². The number of rotatable bonds is 6. The fourth-order valence-electron chi connectivity index (χ4n) is 4.27. The lowest BCUT2D eigenvalue weighted by atomic mass is 9.98. The number of amidine groups is 1. The summed E-state index contributed by atoms with van der Waals surface area (Å²) in [5.74, 6) is -0.0677. The van der Waals surface area contributed by atoms with E-state index in [2.05, 4.69) is 34.6 Å². The molecule has 0 aromatic heterocycles. The van der Waals surface area contributed by atoms with Crippen molar-refractivity contribution in [3.05, 3.63) is 94.5 Å². The van der Waals surface area contributed by atoms with E-state index in [0.29, 0.717) is 28.0 Å². The fraction of sp³-hybridized carbons (Fsp3) is 0.214. The standard InChI is InChI=1S/C28H25ClN4O3S/c1-17-7-9-19(10-8-17)23-15-22(18-11-13-20(29)14-12-18)32-33(23)28-31-27(35)25(37-28)16-26(34)30-21-5-3-4-6-24(21)36-2/h3-14,23,25H,15-16H2,1-2H3,(H,30,34)/t23-,25+/m0/s1. The SMILES string of the molecule is COc1ccccc1NC(=O)C[C@H]1SC(N2N=C(c3ccc(Cl)cc3)C[C@H]2c2ccc(C)cc2)=NC1=O. The van der Waals surface area contributed by atoms with Gasteiger partial charge in [-0.05, 0) is 42.3 Å². The number of amides is 2. The van der Waals surface area contributed by atoms with Crippen LogP contribution in [0, 0.1) is 6.92 Å². The number of aliphatic imine (C=N–C) groups is 1. The van der Waals surface area contributed by atoms with Gasteiger partial charge < -0.3 is 10.1 Å². The van der Waals surface area contributed by atoms with Crippen LogP contribution in [0.4, 0.5) is 5.69 Å². The Kier molecular flexibility index (Phi) is 7.30. The molecule has 3 aromatic rings. The predicted molar refractivity (Wildman–Crippen MR) is 148 cm³/mol. The van der Waals surface area contributed by atoms with Gasteiger partial charge in [0.05, 0.1) is 24.6 Å². The lowest BCUT2D eigenvalue weighted by Gasteiger charge is -2.23. The van der Waals surface area contributed by atoms with Gasteiger partial charge in [-0.15, -0.1) is 0 Å². The average molecular weight is 533 g/mol. The summed E-state index contributed by atoms with van der Waals surface area (Å²) in [5, 5.41) is 10.0. The van der Waals surface area contributed by atoms with Crippen molar-refractivity contribution in [1.82, 2.24) is 5.01 Å². The molecule has 9 heteroatoms. The van der Waals surface area contributed by atoms with E-state index in [1.165, 1.54) is 11.8 Å². The number of carbonyl (C=O) groups excluding carboxylic acids is 2. The summed E-state index contributed by atoms with van der Waals surface area (Å²) in [6, 6.07) is 22.9. The molecule has 0 aliphatic carbocycles. The summed E-state index contributed by atoms with van der Waals surface area (Å²) in [5.41, 5.74) is 4.65. The number of ether oxygens (including phenoxy) is 1. The van der Waals surface area contributed by atoms with Gasteiger partial charge >= 0.3 is 0 Å². The second kappa shape index (κ2) is 10.8. The molecule has 188 valence electrons. The Hall–Kier alpha value is -3.62. The first kappa shape index (κ1) is 25.0. The number of halogens is 1. The molecule has 0 unspecified atom stereocenters. The molecule has 2 aliphatic rings. The molecule has 2 aliphatic heterocycles. The summed E-state index contributed by atoms with van der Waals surface area (Å²) < 4.78 is 5.30. The maximum absolute atomic E-state index is 12.8. The van der Waals surface area contributed by atoms with Crippen molar-refractivity contribution in [2.45, 2.75) is 31.1 Å². The van der Waals surface area contributed by atoms with Crippen molar-refractivity contribution in [3.63, 3.8) is 0 Å². The van der Waals surface area contributed by atoms with E-state index < -0.39 is 5.25 Å². The summed E-state index contributed by atoms with van der Waals surface area (Å²) in [7, 11) is 1.54. The minimum absolute atomic E-state index is 0.00859. The lowest BCUT2D eigenvalue weighted by molar-refractivity contribution is -0.121. The quantitative estimate of drug-likeness (QED) is 0.431. The molecule has 0 saturated carbocycles. The molecule has 2 heterocycles. The molecule has 0 fully saturated rings. The van der Waals surface area contributed by atoms with Gasteiger partial charge in [-0.3, -0.25) is 9.59 Å². The fourth-order valence-corrected chi connectivity index (χ4v) is 5.46. The van der Waals surface area contributed by atoms with E-state index in [0.717, 1.165) is 22.4 Å². The van der Waals surface area contributed by atoms with E-state index in [4.69, 9.17) is 21.4 Å². The third-order valence-corrected chi connectivity index (χ3v) is 7.62. The number of hydrogen-bond donors (Lipinski definition) is 1. The maximum Gasteiger partial charge on any atom is 0.262 e. The van der Waals surface area contributed by atoms with E-state index >= 15 is 0 Å². The first-order chi connectivity index (χ1) is 17.9. The van der Waals surface area contributed by atoms with Crippen LogP contribution in [0.1, 0.15) is 35.6 Å². The van der Waals surface area contributed by atoms with Gasteiger partial charge in [0, 0.05) is 17.9 Å². The smallest absolute Gasteiger partial charge is 0.262 e. The number of thioether (sulfide) groups is 1. The Morgan fingerprint density at radius 1 is 1.11 bits per heavy atom. The van der Waals surface area contributed by atoms with Crippen LogP contribution in [-0.4, -0.2) is 40.1 Å². The van der Waals surface area contributed by atoms with Crippen molar-refractivity contribution in [2.24, 2.45) is 10.1 Å². The van der Waals surface area contributed by atoms with Crippen LogP contribution in [0.25, 0.3) is 0 Å². The number of nitrogens with zero attached hydrogens (tertiary/aromatic N) is 3. The number of benzene rings is 3. The zero-order valence-electron chi connectivity index (χ0n) is 20.3. The van der Waals surface area contributed by atoms with Crippen LogP contribution in [0.2, 0.25) is 5.02 Å². The van der Waals surface area contributed by atoms with Crippen LogP contribution < -0.4 is 10.1 Å². The van der Waals surface area contributed by atoms with Crippen LogP contribution in [0.5, 0.6) is 5.75 Å². The van der Waals surface area contributed by atoms with Gasteiger partial charge in [0.1, 0.15) is 11.0 Å². The number of carbonyl (C=O) groups is 2. The summed E-state index contributed by atoms with van der Waals surface area (Å²) in [6.45, 7) is 2.04. The largest absolute Gasteiger partial charge is 0.495 e. The molecular formula is C28H25ClN4O3S. The molecule has 0 saturated heterocycles. The first-order valence-corrected chi connectivity index (χ1v) is 13.1. The second-order valence-corrected chi connectivity index (χ2v) is 10.4. The van der Waals surface area contributed by atoms with Crippen molar-refractivity contribution in [3.8, 4) is 5.75 Å². The Labute approximate surface area is 224 Å². The van der Waals surface area contributed by atoms with Crippen molar-refractivity contribution >= 4 is 51.7 Å². The Morgan fingerprint density at radius 3 is 2.57 bits per heavy atom. The van der Waals surface area contributed by atoms with Gasteiger partial charge in [-0.2, -0.15) is 10.1 Å².